The average Bonchev–Trinajstić information content (AvgIpc) is 2.39. The lowest BCUT2D eigenvalue weighted by Gasteiger charge is -2.19. The smallest absolute Gasteiger partial charge is 0.0411 e. The topological polar surface area (TPSA) is 12.0 Å². The molecule has 2 aromatic carbocycles. The van der Waals surface area contributed by atoms with Gasteiger partial charge < -0.3 is 5.32 Å². The van der Waals surface area contributed by atoms with E-state index in [0.717, 1.165) is 18.0 Å². The van der Waals surface area contributed by atoms with Gasteiger partial charge in [0.1, 0.15) is 0 Å². The molecule has 1 N–H and O–H groups in total. The van der Waals surface area contributed by atoms with Crippen molar-refractivity contribution in [1.82, 2.24) is 5.32 Å². The van der Waals surface area contributed by atoms with Crippen LogP contribution >= 0.6 is 34.2 Å². The Morgan fingerprint density at radius 3 is 2.45 bits per heavy atom. The number of hydrogen-bond acceptors (Lipinski definition) is 1. The maximum Gasteiger partial charge on any atom is 0.0411 e. The van der Waals surface area contributed by atoms with Crippen LogP contribution in [0.25, 0.3) is 0 Å². The normalized spacial score (nSPS) is 12.4. The van der Waals surface area contributed by atoms with Crippen LogP contribution in [0, 0.1) is 10.5 Å². The molecule has 0 aliphatic carbocycles. The Bertz CT molecular complexity index is 545. The summed E-state index contributed by atoms with van der Waals surface area (Å²) in [5.74, 6) is 0. The molecular formula is C17H19ClIN. The van der Waals surface area contributed by atoms with Crippen molar-refractivity contribution in [2.75, 3.05) is 6.54 Å². The van der Waals surface area contributed by atoms with Crippen LogP contribution in [0.4, 0.5) is 0 Å². The predicted molar refractivity (Wildman–Crippen MR) is 95.5 cm³/mol. The number of halogens is 2. The van der Waals surface area contributed by atoms with Gasteiger partial charge in [-0.25, -0.2) is 0 Å². The number of hydrogen-bond donors (Lipinski definition) is 1. The van der Waals surface area contributed by atoms with E-state index in [1.165, 1.54) is 20.3 Å². The summed E-state index contributed by atoms with van der Waals surface area (Å²) in [5.41, 5.74) is 3.81. The first kappa shape index (κ1) is 15.8. The Kier molecular flexibility index (Phi) is 5.87. The molecule has 0 heterocycles. The minimum absolute atomic E-state index is 0.303. The molecule has 0 aromatic heterocycles. The molecule has 1 unspecified atom stereocenters. The number of nitrogens with one attached hydrogen (secondary N) is 1. The van der Waals surface area contributed by atoms with Crippen LogP contribution < -0.4 is 5.32 Å². The number of rotatable bonds is 5. The summed E-state index contributed by atoms with van der Waals surface area (Å²) >= 11 is 8.52. The highest BCUT2D eigenvalue weighted by molar-refractivity contribution is 14.1. The van der Waals surface area contributed by atoms with Crippen molar-refractivity contribution >= 4 is 34.2 Å². The zero-order chi connectivity index (χ0) is 14.5. The fourth-order valence-corrected chi connectivity index (χ4v) is 3.03. The van der Waals surface area contributed by atoms with E-state index >= 15 is 0 Å². The highest BCUT2D eigenvalue weighted by atomic mass is 127. The molecule has 0 aliphatic rings. The van der Waals surface area contributed by atoms with E-state index in [1.54, 1.807) is 0 Å². The van der Waals surface area contributed by atoms with E-state index in [9.17, 15) is 0 Å². The van der Waals surface area contributed by atoms with Crippen molar-refractivity contribution in [3.63, 3.8) is 0 Å². The standard InChI is InChI=1S/C17H19ClIN/c1-3-20-17(10-13-4-6-16(19)7-5-13)14-8-12(2)9-15(18)11-14/h4-9,11,17,20H,3,10H2,1-2H3. The lowest BCUT2D eigenvalue weighted by molar-refractivity contribution is 0.549. The Labute approximate surface area is 139 Å². The molecule has 106 valence electrons. The molecule has 0 saturated heterocycles. The van der Waals surface area contributed by atoms with Crippen molar-refractivity contribution < 1.29 is 0 Å². The molecule has 0 fully saturated rings. The monoisotopic (exact) mass is 399 g/mol. The second kappa shape index (κ2) is 7.43. The third-order valence-corrected chi connectivity index (χ3v) is 4.21. The van der Waals surface area contributed by atoms with E-state index in [0.29, 0.717) is 6.04 Å². The molecule has 0 bridgehead atoms. The second-order valence-electron chi connectivity index (χ2n) is 5.00. The molecule has 3 heteroatoms. The van der Waals surface area contributed by atoms with Crippen molar-refractivity contribution in [2.45, 2.75) is 26.3 Å². The van der Waals surface area contributed by atoms with E-state index in [-0.39, 0.29) is 0 Å². The summed E-state index contributed by atoms with van der Waals surface area (Å²) < 4.78 is 1.27. The Balaban J connectivity index is 2.23. The molecule has 20 heavy (non-hydrogen) atoms. The van der Waals surface area contributed by atoms with Crippen LogP contribution in [0.2, 0.25) is 5.02 Å². The van der Waals surface area contributed by atoms with Gasteiger partial charge in [0.15, 0.2) is 0 Å². The zero-order valence-corrected chi connectivity index (χ0v) is 14.7. The third-order valence-electron chi connectivity index (χ3n) is 3.27. The predicted octanol–water partition coefficient (Wildman–Crippen LogP) is 5.15. The first-order chi connectivity index (χ1) is 9.58. The maximum atomic E-state index is 6.19. The molecule has 2 aromatic rings. The van der Waals surface area contributed by atoms with Gasteiger partial charge in [-0.1, -0.05) is 36.7 Å². The number of aryl methyl sites for hydroxylation is 1. The maximum absolute atomic E-state index is 6.19. The molecule has 0 amide bonds. The summed E-state index contributed by atoms with van der Waals surface area (Å²) in [4.78, 5) is 0. The van der Waals surface area contributed by atoms with Crippen LogP contribution in [-0.2, 0) is 6.42 Å². The van der Waals surface area contributed by atoms with Gasteiger partial charge in [0.25, 0.3) is 0 Å². The van der Waals surface area contributed by atoms with Gasteiger partial charge in [0.2, 0.25) is 0 Å². The van der Waals surface area contributed by atoms with E-state index in [1.807, 2.05) is 6.07 Å². The molecule has 0 radical (unpaired) electrons. The summed E-state index contributed by atoms with van der Waals surface area (Å²) in [5, 5.41) is 4.37. The van der Waals surface area contributed by atoms with Crippen LogP contribution in [0.3, 0.4) is 0 Å². The highest BCUT2D eigenvalue weighted by Gasteiger charge is 2.12. The minimum atomic E-state index is 0.303. The summed E-state index contributed by atoms with van der Waals surface area (Å²) in [6, 6.07) is 15.3. The van der Waals surface area contributed by atoms with Crippen molar-refractivity contribution in [2.24, 2.45) is 0 Å². The SMILES string of the molecule is CCNC(Cc1ccc(I)cc1)c1cc(C)cc(Cl)c1. The Hall–Kier alpha value is -0.580. The van der Waals surface area contributed by atoms with E-state index in [2.05, 4.69) is 78.2 Å². The molecule has 0 spiro atoms. The van der Waals surface area contributed by atoms with Gasteiger partial charge >= 0.3 is 0 Å². The molecule has 0 saturated carbocycles. The molecule has 1 atom stereocenters. The summed E-state index contributed by atoms with van der Waals surface area (Å²) in [7, 11) is 0. The molecular weight excluding hydrogens is 381 g/mol. The van der Waals surface area contributed by atoms with Crippen molar-refractivity contribution in [3.8, 4) is 0 Å². The molecule has 1 nitrogen and oxygen atoms in total. The summed E-state index contributed by atoms with van der Waals surface area (Å²) in [6.45, 7) is 5.17. The quantitative estimate of drug-likeness (QED) is 0.686. The Morgan fingerprint density at radius 2 is 1.85 bits per heavy atom. The average molecular weight is 400 g/mol. The van der Waals surface area contributed by atoms with Crippen LogP contribution in [0.1, 0.15) is 29.7 Å². The van der Waals surface area contributed by atoms with Gasteiger partial charge in [0.05, 0.1) is 0 Å². The van der Waals surface area contributed by atoms with Crippen LogP contribution in [0.15, 0.2) is 42.5 Å². The fourth-order valence-electron chi connectivity index (χ4n) is 2.38. The lowest BCUT2D eigenvalue weighted by atomic mass is 9.97. The minimum Gasteiger partial charge on any atom is -0.310 e. The first-order valence-electron chi connectivity index (χ1n) is 6.83. The highest BCUT2D eigenvalue weighted by Crippen LogP contribution is 2.23. The van der Waals surface area contributed by atoms with Crippen LogP contribution in [0.5, 0.6) is 0 Å². The van der Waals surface area contributed by atoms with E-state index in [4.69, 9.17) is 11.6 Å². The van der Waals surface area contributed by atoms with Crippen LogP contribution in [-0.4, -0.2) is 6.54 Å². The Morgan fingerprint density at radius 1 is 1.15 bits per heavy atom. The number of likely N-dealkylation sites (N-methyl/N-ethyl adjacent to an activating group) is 1. The van der Waals surface area contributed by atoms with E-state index < -0.39 is 0 Å². The summed E-state index contributed by atoms with van der Waals surface area (Å²) in [6.07, 6.45) is 0.977. The van der Waals surface area contributed by atoms with Gasteiger partial charge in [-0.05, 0) is 83.4 Å². The van der Waals surface area contributed by atoms with Gasteiger partial charge in [0, 0.05) is 14.6 Å². The lowest BCUT2D eigenvalue weighted by Crippen LogP contribution is -2.23. The fraction of sp³-hybridized carbons (Fsp3) is 0.294. The van der Waals surface area contributed by atoms with Gasteiger partial charge in [-0.15, -0.1) is 0 Å². The van der Waals surface area contributed by atoms with Crippen molar-refractivity contribution in [3.05, 3.63) is 67.7 Å². The largest absolute Gasteiger partial charge is 0.310 e. The zero-order valence-electron chi connectivity index (χ0n) is 11.8. The molecule has 2 rings (SSSR count). The van der Waals surface area contributed by atoms with Gasteiger partial charge in [-0.2, -0.15) is 0 Å². The number of benzene rings is 2. The third kappa shape index (κ3) is 4.47. The van der Waals surface area contributed by atoms with Crippen molar-refractivity contribution in [1.29, 1.82) is 0 Å². The molecule has 0 aliphatic heterocycles. The first-order valence-corrected chi connectivity index (χ1v) is 8.29. The second-order valence-corrected chi connectivity index (χ2v) is 6.68. The van der Waals surface area contributed by atoms with Gasteiger partial charge in [-0.3, -0.25) is 0 Å².